The summed E-state index contributed by atoms with van der Waals surface area (Å²) in [6.45, 7) is -0.992. The largest absolute Gasteiger partial charge is 0.431 e. The molecular weight excluding hydrogens is 294 g/mol. The number of carbonyl (C=O) groups is 1. The zero-order valence-electron chi connectivity index (χ0n) is 12.4. The monoisotopic (exact) mass is 314 g/mol. The Balaban J connectivity index is 1.86. The number of halogens is 2. The number of pyridine rings is 1. The van der Waals surface area contributed by atoms with E-state index in [1.165, 1.54) is 24.8 Å². The van der Waals surface area contributed by atoms with Crippen LogP contribution in [0.4, 0.5) is 14.6 Å². The molecule has 5 nitrogen and oxygen atoms in total. The summed E-state index contributed by atoms with van der Waals surface area (Å²) < 4.78 is 34.5. The molecule has 1 aliphatic carbocycles. The van der Waals surface area contributed by atoms with Crippen molar-refractivity contribution in [3.05, 3.63) is 18.3 Å². The second-order valence-corrected chi connectivity index (χ2v) is 5.39. The zero-order chi connectivity index (χ0) is 15.9. The van der Waals surface area contributed by atoms with E-state index in [-0.39, 0.29) is 24.3 Å². The molecule has 1 heterocycles. The Morgan fingerprint density at radius 1 is 1.45 bits per heavy atom. The highest BCUT2D eigenvalue weighted by atomic mass is 19.3. The maximum Gasteiger partial charge on any atom is 0.387 e. The van der Waals surface area contributed by atoms with Gasteiger partial charge in [0.05, 0.1) is 6.10 Å². The van der Waals surface area contributed by atoms with Crippen molar-refractivity contribution in [3.63, 3.8) is 0 Å². The van der Waals surface area contributed by atoms with E-state index in [2.05, 4.69) is 22.0 Å². The van der Waals surface area contributed by atoms with Crippen LogP contribution in [0.2, 0.25) is 0 Å². The normalized spacial score (nSPS) is 21.6. The molecule has 0 aliphatic heterocycles. The third-order valence-electron chi connectivity index (χ3n) is 3.71. The third-order valence-corrected chi connectivity index (χ3v) is 3.71. The Kier molecular flexibility index (Phi) is 6.06. The summed E-state index contributed by atoms with van der Waals surface area (Å²) >= 11 is 0. The Hall–Kier alpha value is -1.76. The van der Waals surface area contributed by atoms with Gasteiger partial charge in [0.1, 0.15) is 6.61 Å². The fourth-order valence-electron chi connectivity index (χ4n) is 2.56. The number of rotatable bonds is 6. The third kappa shape index (κ3) is 4.91. The van der Waals surface area contributed by atoms with Crippen molar-refractivity contribution >= 4 is 11.7 Å². The van der Waals surface area contributed by atoms with Crippen LogP contribution in [-0.2, 0) is 9.53 Å². The number of nitrogens with zero attached hydrogens (tertiary/aromatic N) is 1. The van der Waals surface area contributed by atoms with Gasteiger partial charge in [-0.3, -0.25) is 4.79 Å². The molecule has 2 rings (SSSR count). The van der Waals surface area contributed by atoms with E-state index in [9.17, 15) is 13.6 Å². The van der Waals surface area contributed by atoms with Gasteiger partial charge in [0, 0.05) is 6.20 Å². The minimum absolute atomic E-state index is 0.0342. The Labute approximate surface area is 128 Å². The molecule has 0 unspecified atom stereocenters. The van der Waals surface area contributed by atoms with Gasteiger partial charge in [0.2, 0.25) is 0 Å². The number of anilines is 1. The van der Waals surface area contributed by atoms with Crippen molar-refractivity contribution in [2.75, 3.05) is 11.9 Å². The molecule has 0 saturated heterocycles. The molecule has 1 aliphatic rings. The smallest absolute Gasteiger partial charge is 0.387 e. The topological polar surface area (TPSA) is 60.5 Å². The predicted octanol–water partition coefficient (Wildman–Crippen LogP) is 3.22. The van der Waals surface area contributed by atoms with Crippen LogP contribution >= 0.6 is 0 Å². The zero-order valence-corrected chi connectivity index (χ0v) is 12.4. The lowest BCUT2D eigenvalue weighted by Gasteiger charge is -2.28. The van der Waals surface area contributed by atoms with Gasteiger partial charge in [-0.2, -0.15) is 8.78 Å². The van der Waals surface area contributed by atoms with Crippen molar-refractivity contribution in [1.82, 2.24) is 4.98 Å². The fraction of sp³-hybridized carbons (Fsp3) is 0.600. The summed E-state index contributed by atoms with van der Waals surface area (Å²) in [5, 5.41) is 2.44. The Morgan fingerprint density at radius 3 is 2.95 bits per heavy atom. The van der Waals surface area contributed by atoms with Crippen LogP contribution in [0.15, 0.2) is 18.3 Å². The molecule has 1 saturated carbocycles. The van der Waals surface area contributed by atoms with Crippen molar-refractivity contribution in [1.29, 1.82) is 0 Å². The molecule has 2 atom stereocenters. The second kappa shape index (κ2) is 8.03. The standard InChI is InChI=1S/C15H20F2N2O3/c1-10-5-2-3-6-11(10)21-9-13(20)19-14-12(22-15(16)17)7-4-8-18-14/h4,7-8,10-11,15H,2-3,5-6,9H2,1H3,(H,18,19,20)/t10-,11+/m1/s1. The molecular formula is C15H20F2N2O3. The van der Waals surface area contributed by atoms with Crippen LogP contribution in [0, 0.1) is 5.92 Å². The van der Waals surface area contributed by atoms with E-state index in [4.69, 9.17) is 4.74 Å². The summed E-state index contributed by atoms with van der Waals surface area (Å²) in [6.07, 6.45) is 5.79. The van der Waals surface area contributed by atoms with Crippen LogP contribution < -0.4 is 10.1 Å². The van der Waals surface area contributed by atoms with Gasteiger partial charge < -0.3 is 14.8 Å². The van der Waals surface area contributed by atoms with Crippen molar-refractivity contribution in [2.45, 2.75) is 45.3 Å². The van der Waals surface area contributed by atoms with Crippen LogP contribution in [0.5, 0.6) is 5.75 Å². The molecule has 122 valence electrons. The summed E-state index contributed by atoms with van der Waals surface area (Å²) in [7, 11) is 0. The number of nitrogens with one attached hydrogen (secondary N) is 1. The lowest BCUT2D eigenvalue weighted by Crippen LogP contribution is -2.30. The SMILES string of the molecule is C[C@@H]1CCCC[C@@H]1OCC(=O)Nc1ncccc1OC(F)F. The molecule has 1 fully saturated rings. The maximum absolute atomic E-state index is 12.3. The summed E-state index contributed by atoms with van der Waals surface area (Å²) in [5.41, 5.74) is 0. The fourth-order valence-corrected chi connectivity index (χ4v) is 2.56. The Morgan fingerprint density at radius 2 is 2.23 bits per heavy atom. The van der Waals surface area contributed by atoms with Gasteiger partial charge in [0.25, 0.3) is 5.91 Å². The van der Waals surface area contributed by atoms with Gasteiger partial charge in [-0.25, -0.2) is 4.98 Å². The first-order valence-corrected chi connectivity index (χ1v) is 7.37. The highest BCUT2D eigenvalue weighted by Gasteiger charge is 2.23. The van der Waals surface area contributed by atoms with Crippen molar-refractivity contribution in [2.24, 2.45) is 5.92 Å². The minimum Gasteiger partial charge on any atom is -0.431 e. The number of carbonyl (C=O) groups excluding carboxylic acids is 1. The molecule has 0 bridgehead atoms. The van der Waals surface area contributed by atoms with E-state index in [1.54, 1.807) is 0 Å². The second-order valence-electron chi connectivity index (χ2n) is 5.39. The number of amides is 1. The number of alkyl halides is 2. The first-order valence-electron chi connectivity index (χ1n) is 7.37. The van der Waals surface area contributed by atoms with Gasteiger partial charge >= 0.3 is 6.61 Å². The van der Waals surface area contributed by atoms with E-state index in [1.807, 2.05) is 0 Å². The molecule has 22 heavy (non-hydrogen) atoms. The highest BCUT2D eigenvalue weighted by molar-refractivity contribution is 5.92. The maximum atomic E-state index is 12.3. The lowest BCUT2D eigenvalue weighted by atomic mass is 9.88. The van der Waals surface area contributed by atoms with Crippen molar-refractivity contribution in [3.8, 4) is 5.75 Å². The molecule has 1 N–H and O–H groups in total. The minimum atomic E-state index is -2.97. The first kappa shape index (κ1) is 16.6. The van der Waals surface area contributed by atoms with Crippen LogP contribution in [-0.4, -0.2) is 30.2 Å². The molecule has 1 aromatic heterocycles. The average Bonchev–Trinajstić information content (AvgIpc) is 2.48. The van der Waals surface area contributed by atoms with E-state index in [0.717, 1.165) is 19.3 Å². The van der Waals surface area contributed by atoms with E-state index in [0.29, 0.717) is 5.92 Å². The summed E-state index contributed by atoms with van der Waals surface area (Å²) in [5.74, 6) is -0.213. The molecule has 0 aromatic carbocycles. The van der Waals surface area contributed by atoms with Gasteiger partial charge in [0.15, 0.2) is 11.6 Å². The molecule has 7 heteroatoms. The number of hydrogen-bond donors (Lipinski definition) is 1. The highest BCUT2D eigenvalue weighted by Crippen LogP contribution is 2.26. The van der Waals surface area contributed by atoms with Gasteiger partial charge in [-0.15, -0.1) is 0 Å². The average molecular weight is 314 g/mol. The van der Waals surface area contributed by atoms with Crippen LogP contribution in [0.25, 0.3) is 0 Å². The van der Waals surface area contributed by atoms with Crippen LogP contribution in [0.3, 0.4) is 0 Å². The predicted molar refractivity (Wildman–Crippen MR) is 76.9 cm³/mol. The first-order chi connectivity index (χ1) is 10.6. The summed E-state index contributed by atoms with van der Waals surface area (Å²) in [6, 6.07) is 2.77. The van der Waals surface area contributed by atoms with Crippen LogP contribution in [0.1, 0.15) is 32.6 Å². The number of aromatic nitrogens is 1. The molecule has 0 spiro atoms. The van der Waals surface area contributed by atoms with E-state index < -0.39 is 12.5 Å². The molecule has 1 aromatic rings. The summed E-state index contributed by atoms with van der Waals surface area (Å²) in [4.78, 5) is 15.7. The van der Waals surface area contributed by atoms with Gasteiger partial charge in [-0.1, -0.05) is 19.8 Å². The number of ether oxygens (including phenoxy) is 2. The molecule has 0 radical (unpaired) electrons. The van der Waals surface area contributed by atoms with Crippen molar-refractivity contribution < 1.29 is 23.0 Å². The van der Waals surface area contributed by atoms with Gasteiger partial charge in [-0.05, 0) is 30.9 Å². The molecule has 1 amide bonds. The number of hydrogen-bond acceptors (Lipinski definition) is 4. The van der Waals surface area contributed by atoms with E-state index >= 15 is 0 Å². The Bertz CT molecular complexity index is 499. The quantitative estimate of drug-likeness (QED) is 0.876. The lowest BCUT2D eigenvalue weighted by molar-refractivity contribution is -0.124.